The number of thioether (sulfide) groups is 1. The summed E-state index contributed by atoms with van der Waals surface area (Å²) in [7, 11) is 1.70. The van der Waals surface area contributed by atoms with Crippen LogP contribution in [0, 0.1) is 0 Å². The molecule has 0 saturated carbocycles. The van der Waals surface area contributed by atoms with Gasteiger partial charge < -0.3 is 4.74 Å². The number of ether oxygens (including phenoxy) is 1. The Morgan fingerprint density at radius 3 is 2.48 bits per heavy atom. The maximum absolute atomic E-state index is 5.46. The molecule has 0 fully saturated rings. The molecule has 0 aliphatic rings. The van der Waals surface area contributed by atoms with Crippen LogP contribution in [0.2, 0.25) is 0 Å². The molecule has 4 nitrogen and oxygen atoms in total. The molecule has 2 heterocycles. The van der Waals surface area contributed by atoms with Crippen LogP contribution in [-0.4, -0.2) is 28.0 Å². The number of hydrogen-bond donors (Lipinski definition) is 0. The van der Waals surface area contributed by atoms with Crippen molar-refractivity contribution in [3.63, 3.8) is 0 Å². The highest BCUT2D eigenvalue weighted by Gasteiger charge is 2.09. The Morgan fingerprint density at radius 2 is 1.72 bits per heavy atom. The van der Waals surface area contributed by atoms with E-state index in [0.717, 1.165) is 38.8 Å². The molecule has 0 aliphatic carbocycles. The van der Waals surface area contributed by atoms with E-state index in [1.807, 2.05) is 35.0 Å². The molecule has 5 heteroatoms. The van der Waals surface area contributed by atoms with Crippen LogP contribution in [0.15, 0.2) is 72.0 Å². The van der Waals surface area contributed by atoms with Crippen molar-refractivity contribution < 1.29 is 4.74 Å². The number of aromatic nitrogens is 3. The second kappa shape index (κ2) is 6.61. The summed E-state index contributed by atoms with van der Waals surface area (Å²) in [5.41, 5.74) is 5.28. The summed E-state index contributed by atoms with van der Waals surface area (Å²) in [4.78, 5) is 4.74. The number of fused-ring (bicyclic) bond motifs is 1. The van der Waals surface area contributed by atoms with Crippen molar-refractivity contribution in [1.29, 1.82) is 0 Å². The first-order valence-corrected chi connectivity index (χ1v) is 9.15. The van der Waals surface area contributed by atoms with E-state index in [0.29, 0.717) is 0 Å². The lowest BCUT2D eigenvalue weighted by Gasteiger charge is -2.10. The van der Waals surface area contributed by atoms with Crippen molar-refractivity contribution in [2.24, 2.45) is 0 Å². The Morgan fingerprint density at radius 1 is 0.960 bits per heavy atom. The number of nitrogens with zero attached hydrogens (tertiary/aromatic N) is 3. The minimum atomic E-state index is 0.874. The van der Waals surface area contributed by atoms with Crippen molar-refractivity contribution in [3.8, 4) is 28.1 Å². The first kappa shape index (κ1) is 15.7. The monoisotopic (exact) mass is 347 g/mol. The fourth-order valence-corrected chi connectivity index (χ4v) is 3.40. The molecule has 124 valence electrons. The number of para-hydroxylation sites is 1. The van der Waals surface area contributed by atoms with Gasteiger partial charge in [-0.2, -0.15) is 5.10 Å². The Kier molecular flexibility index (Phi) is 4.15. The van der Waals surface area contributed by atoms with Crippen molar-refractivity contribution in [3.05, 3.63) is 66.9 Å². The van der Waals surface area contributed by atoms with Crippen LogP contribution in [0.5, 0.6) is 5.75 Å². The molecule has 4 aromatic rings. The molecule has 0 unspecified atom stereocenters. The summed E-state index contributed by atoms with van der Waals surface area (Å²) in [6.07, 6.45) is 3.81. The molecule has 0 bridgehead atoms. The van der Waals surface area contributed by atoms with Gasteiger partial charge in [-0.05, 0) is 30.0 Å². The minimum absolute atomic E-state index is 0.874. The van der Waals surface area contributed by atoms with Crippen LogP contribution in [0.4, 0.5) is 0 Å². The molecule has 0 aliphatic heterocycles. The number of rotatable bonds is 4. The Labute approximate surface area is 150 Å². The number of methoxy groups -OCH3 is 1. The van der Waals surface area contributed by atoms with E-state index < -0.39 is 0 Å². The van der Waals surface area contributed by atoms with Crippen LogP contribution < -0.4 is 4.74 Å². The predicted molar refractivity (Wildman–Crippen MR) is 102 cm³/mol. The van der Waals surface area contributed by atoms with Gasteiger partial charge in [0, 0.05) is 11.1 Å². The van der Waals surface area contributed by atoms with E-state index in [1.165, 1.54) is 0 Å². The molecule has 2 aromatic carbocycles. The van der Waals surface area contributed by atoms with E-state index in [9.17, 15) is 0 Å². The van der Waals surface area contributed by atoms with E-state index in [1.54, 1.807) is 25.1 Å². The molecule has 0 atom stereocenters. The lowest BCUT2D eigenvalue weighted by Crippen LogP contribution is -1.97. The average molecular weight is 347 g/mol. The first-order valence-electron chi connectivity index (χ1n) is 7.93. The third-order valence-corrected chi connectivity index (χ3v) is 4.76. The highest BCUT2D eigenvalue weighted by Crippen LogP contribution is 2.31. The summed E-state index contributed by atoms with van der Waals surface area (Å²) < 4.78 is 7.32. The lowest BCUT2D eigenvalue weighted by atomic mass is 10.0. The topological polar surface area (TPSA) is 39.4 Å². The van der Waals surface area contributed by atoms with Gasteiger partial charge in [-0.25, -0.2) is 9.50 Å². The van der Waals surface area contributed by atoms with Crippen molar-refractivity contribution in [1.82, 2.24) is 14.6 Å². The predicted octanol–water partition coefficient (Wildman–Crippen LogP) is 4.79. The molecule has 0 radical (unpaired) electrons. The first-order chi connectivity index (χ1) is 12.3. The fraction of sp³-hybridized carbons (Fsp3) is 0.100. The van der Waals surface area contributed by atoms with Gasteiger partial charge in [0.2, 0.25) is 0 Å². The molecule has 0 N–H and O–H groups in total. The summed E-state index contributed by atoms with van der Waals surface area (Å²) in [6, 6.07) is 20.5. The van der Waals surface area contributed by atoms with E-state index in [-0.39, 0.29) is 0 Å². The molecular weight excluding hydrogens is 330 g/mol. The lowest BCUT2D eigenvalue weighted by molar-refractivity contribution is 0.416. The fourth-order valence-electron chi connectivity index (χ4n) is 2.89. The molecule has 0 spiro atoms. The standard InChI is InChI=1S/C20H17N3OS/c1-24-19-6-4-3-5-17(19)14-7-9-15(10-8-14)18-13-16-11-12-21-23(16)20(22-18)25-2/h3-13H,1-2H3. The zero-order valence-corrected chi connectivity index (χ0v) is 14.8. The van der Waals surface area contributed by atoms with Crippen LogP contribution in [0.1, 0.15) is 0 Å². The van der Waals surface area contributed by atoms with Crippen LogP contribution >= 0.6 is 11.8 Å². The molecule has 2 aromatic heterocycles. The molecule has 0 saturated heterocycles. The minimum Gasteiger partial charge on any atom is -0.496 e. The Hall–Kier alpha value is -2.79. The number of benzene rings is 2. The SMILES string of the molecule is COc1ccccc1-c1ccc(-c2cc3ccnn3c(SC)n2)cc1. The van der Waals surface area contributed by atoms with Gasteiger partial charge in [-0.1, -0.05) is 54.2 Å². The summed E-state index contributed by atoms with van der Waals surface area (Å²) in [5, 5.41) is 5.20. The van der Waals surface area contributed by atoms with Crippen LogP contribution in [0.3, 0.4) is 0 Å². The highest BCUT2D eigenvalue weighted by atomic mass is 32.2. The number of hydrogen-bond acceptors (Lipinski definition) is 4. The molecular formula is C20H17N3OS. The molecule has 0 amide bonds. The third-order valence-electron chi connectivity index (χ3n) is 4.14. The van der Waals surface area contributed by atoms with Gasteiger partial charge in [0.15, 0.2) is 5.16 Å². The van der Waals surface area contributed by atoms with E-state index in [2.05, 4.69) is 41.5 Å². The molecule has 25 heavy (non-hydrogen) atoms. The Balaban J connectivity index is 1.75. The van der Waals surface area contributed by atoms with Crippen molar-refractivity contribution >= 4 is 17.3 Å². The van der Waals surface area contributed by atoms with E-state index >= 15 is 0 Å². The largest absolute Gasteiger partial charge is 0.496 e. The van der Waals surface area contributed by atoms with Gasteiger partial charge in [0.1, 0.15) is 5.75 Å². The normalized spacial score (nSPS) is 11.0. The average Bonchev–Trinajstić information content (AvgIpc) is 3.16. The van der Waals surface area contributed by atoms with Gasteiger partial charge in [-0.15, -0.1) is 0 Å². The Bertz CT molecular complexity index is 1020. The summed E-state index contributed by atoms with van der Waals surface area (Å²) in [5.74, 6) is 0.874. The third kappa shape index (κ3) is 2.87. The van der Waals surface area contributed by atoms with E-state index in [4.69, 9.17) is 9.72 Å². The highest BCUT2D eigenvalue weighted by molar-refractivity contribution is 7.98. The maximum atomic E-state index is 5.46. The zero-order valence-electron chi connectivity index (χ0n) is 14.0. The van der Waals surface area contributed by atoms with Gasteiger partial charge in [0.05, 0.1) is 24.5 Å². The summed E-state index contributed by atoms with van der Waals surface area (Å²) in [6.45, 7) is 0. The quantitative estimate of drug-likeness (QED) is 0.393. The van der Waals surface area contributed by atoms with Gasteiger partial charge in [0.25, 0.3) is 0 Å². The second-order valence-electron chi connectivity index (χ2n) is 5.57. The zero-order chi connectivity index (χ0) is 17.2. The van der Waals surface area contributed by atoms with Crippen molar-refractivity contribution in [2.45, 2.75) is 5.16 Å². The maximum Gasteiger partial charge on any atom is 0.189 e. The van der Waals surface area contributed by atoms with Gasteiger partial charge in [-0.3, -0.25) is 0 Å². The van der Waals surface area contributed by atoms with Gasteiger partial charge >= 0.3 is 0 Å². The van der Waals surface area contributed by atoms with Crippen molar-refractivity contribution in [2.75, 3.05) is 13.4 Å². The smallest absolute Gasteiger partial charge is 0.189 e. The van der Waals surface area contributed by atoms with Crippen LogP contribution in [0.25, 0.3) is 27.9 Å². The second-order valence-corrected chi connectivity index (χ2v) is 6.35. The molecule has 4 rings (SSSR count). The summed E-state index contributed by atoms with van der Waals surface area (Å²) >= 11 is 1.59. The van der Waals surface area contributed by atoms with Crippen LogP contribution in [-0.2, 0) is 0 Å².